The van der Waals surface area contributed by atoms with Gasteiger partial charge in [-0.3, -0.25) is 9.59 Å². The molecule has 0 saturated carbocycles. The van der Waals surface area contributed by atoms with Crippen molar-refractivity contribution >= 4 is 51.7 Å². The first kappa shape index (κ1) is 26.0. The number of rotatable bonds is 6. The van der Waals surface area contributed by atoms with E-state index in [-0.39, 0.29) is 24.3 Å². The fourth-order valence-corrected chi connectivity index (χ4v) is 5.58. The van der Waals surface area contributed by atoms with Crippen LogP contribution in [0.3, 0.4) is 0 Å². The quantitative estimate of drug-likeness (QED) is 0.401. The van der Waals surface area contributed by atoms with Gasteiger partial charge in [-0.1, -0.05) is 41.6 Å². The summed E-state index contributed by atoms with van der Waals surface area (Å²) in [5, 5.41) is 10.1. The van der Waals surface area contributed by atoms with E-state index < -0.39 is 5.25 Å². The van der Waals surface area contributed by atoms with Gasteiger partial charge in [-0.2, -0.15) is 10.1 Å². The number of hydrazone groups is 1. The Labute approximate surface area is 230 Å². The maximum atomic E-state index is 12.8. The highest BCUT2D eigenvalue weighted by Crippen LogP contribution is 2.39. The van der Waals surface area contributed by atoms with E-state index in [2.05, 4.69) is 10.3 Å². The van der Waals surface area contributed by atoms with Gasteiger partial charge in [0.25, 0.3) is 5.91 Å². The van der Waals surface area contributed by atoms with Gasteiger partial charge in [-0.25, -0.2) is 5.01 Å². The topological polar surface area (TPSA) is 83.4 Å². The molecule has 1 N–H and O–H groups in total. The molecule has 3 aromatic carbocycles. The van der Waals surface area contributed by atoms with E-state index in [1.807, 2.05) is 80.6 Å². The Bertz CT molecular complexity index is 1440. The lowest BCUT2D eigenvalue weighted by molar-refractivity contribution is -0.121. The monoisotopic (exact) mass is 546 g/mol. The molecule has 0 saturated heterocycles. The van der Waals surface area contributed by atoms with Crippen LogP contribution in [0.5, 0.6) is 5.75 Å². The summed E-state index contributed by atoms with van der Waals surface area (Å²) in [5.74, 6) is 0.207. The molecule has 194 valence electrons. The third-order valence-electron chi connectivity index (χ3n) is 6.67. The number of hydrogen-bond donors (Lipinski definition) is 1. The van der Waals surface area contributed by atoms with E-state index in [1.54, 1.807) is 12.1 Å². The number of hydrogen-bond acceptors (Lipinski definition) is 6. The predicted molar refractivity (Wildman–Crippen MR) is 153 cm³/mol. The van der Waals surface area contributed by atoms with Gasteiger partial charge >= 0.3 is 0 Å². The van der Waals surface area contributed by atoms with E-state index in [1.165, 1.54) is 11.8 Å². The molecule has 2 aliphatic rings. The number of amidine groups is 1. The average molecular weight is 547 g/mol. The second-order valence-electron chi connectivity index (χ2n) is 9.28. The fraction of sp³-hybridized carbons (Fsp3) is 0.241. The van der Waals surface area contributed by atoms with Gasteiger partial charge < -0.3 is 10.1 Å². The zero-order chi connectivity index (χ0) is 26.8. The van der Waals surface area contributed by atoms with Crippen molar-refractivity contribution in [3.8, 4) is 5.75 Å². The maximum absolute atomic E-state index is 12.8. The number of benzene rings is 3. The van der Waals surface area contributed by atoms with Crippen LogP contribution in [0.1, 0.15) is 41.1 Å². The van der Waals surface area contributed by atoms with E-state index >= 15 is 0 Å². The molecule has 0 radical (unpaired) electrons. The SMILES string of the molecule is COc1ccc(C2=NN(C3=NC(=O)[C@H](CC(=O)Nc4ccc(C)c(C)c4)S3)[C@@H](c3ccc(Cl)cc3)C2)cc1. The van der Waals surface area contributed by atoms with Crippen LogP contribution in [-0.2, 0) is 9.59 Å². The third kappa shape index (κ3) is 5.61. The van der Waals surface area contributed by atoms with Crippen molar-refractivity contribution in [2.24, 2.45) is 10.1 Å². The van der Waals surface area contributed by atoms with Gasteiger partial charge in [-0.05, 0) is 84.6 Å². The van der Waals surface area contributed by atoms with Gasteiger partial charge in [0.1, 0.15) is 11.0 Å². The van der Waals surface area contributed by atoms with Crippen LogP contribution in [0.4, 0.5) is 5.69 Å². The smallest absolute Gasteiger partial charge is 0.262 e. The predicted octanol–water partition coefficient (Wildman–Crippen LogP) is 6.14. The highest BCUT2D eigenvalue weighted by Gasteiger charge is 2.39. The van der Waals surface area contributed by atoms with Crippen molar-refractivity contribution < 1.29 is 14.3 Å². The Morgan fingerprint density at radius 2 is 1.82 bits per heavy atom. The highest BCUT2D eigenvalue weighted by molar-refractivity contribution is 8.15. The molecular formula is C29H27ClN4O3S. The summed E-state index contributed by atoms with van der Waals surface area (Å²) in [6.45, 7) is 4.02. The van der Waals surface area contributed by atoms with Crippen LogP contribution in [0.15, 0.2) is 76.8 Å². The molecule has 5 rings (SSSR count). The molecule has 0 unspecified atom stereocenters. The van der Waals surface area contributed by atoms with Crippen molar-refractivity contribution in [1.29, 1.82) is 0 Å². The molecule has 7 nitrogen and oxygen atoms in total. The number of methoxy groups -OCH3 is 1. The zero-order valence-corrected chi connectivity index (χ0v) is 22.8. The number of ether oxygens (including phenoxy) is 1. The summed E-state index contributed by atoms with van der Waals surface area (Å²) >= 11 is 7.41. The number of halogens is 1. The van der Waals surface area contributed by atoms with Crippen molar-refractivity contribution in [1.82, 2.24) is 5.01 Å². The fourth-order valence-electron chi connectivity index (χ4n) is 4.39. The number of carbonyl (C=O) groups is 2. The van der Waals surface area contributed by atoms with Crippen molar-refractivity contribution in [2.75, 3.05) is 12.4 Å². The molecule has 0 aromatic heterocycles. The molecule has 0 aliphatic carbocycles. The lowest BCUT2D eigenvalue weighted by Gasteiger charge is -2.23. The minimum absolute atomic E-state index is 0.0257. The first-order chi connectivity index (χ1) is 18.3. The minimum Gasteiger partial charge on any atom is -0.497 e. The summed E-state index contributed by atoms with van der Waals surface area (Å²) in [4.78, 5) is 29.9. The molecule has 0 spiro atoms. The van der Waals surface area contributed by atoms with Crippen LogP contribution < -0.4 is 10.1 Å². The Morgan fingerprint density at radius 3 is 2.50 bits per heavy atom. The number of anilines is 1. The molecule has 2 atom stereocenters. The van der Waals surface area contributed by atoms with Crippen LogP contribution in [-0.4, -0.2) is 40.1 Å². The van der Waals surface area contributed by atoms with Gasteiger partial charge in [0.15, 0.2) is 5.17 Å². The molecular weight excluding hydrogens is 520 g/mol. The number of amides is 2. The lowest BCUT2D eigenvalue weighted by Crippen LogP contribution is -2.25. The number of carbonyl (C=O) groups excluding carboxylic acids is 2. The van der Waals surface area contributed by atoms with E-state index in [4.69, 9.17) is 21.4 Å². The van der Waals surface area contributed by atoms with Gasteiger partial charge in [0.2, 0.25) is 5.91 Å². The van der Waals surface area contributed by atoms with Crippen molar-refractivity contribution in [3.63, 3.8) is 0 Å². The second kappa shape index (κ2) is 11.0. The molecule has 0 bridgehead atoms. The summed E-state index contributed by atoms with van der Waals surface area (Å²) in [6.07, 6.45) is 0.650. The third-order valence-corrected chi connectivity index (χ3v) is 8.07. The summed E-state index contributed by atoms with van der Waals surface area (Å²) in [7, 11) is 1.63. The molecule has 2 heterocycles. The summed E-state index contributed by atoms with van der Waals surface area (Å²) in [6, 6.07) is 20.9. The molecule has 2 aliphatic heterocycles. The van der Waals surface area contributed by atoms with Crippen molar-refractivity contribution in [2.45, 2.75) is 38.0 Å². The lowest BCUT2D eigenvalue weighted by atomic mass is 9.98. The normalized spacial score (nSPS) is 18.8. The van der Waals surface area contributed by atoms with E-state index in [9.17, 15) is 9.59 Å². The zero-order valence-electron chi connectivity index (χ0n) is 21.3. The Kier molecular flexibility index (Phi) is 7.53. The maximum Gasteiger partial charge on any atom is 0.262 e. The Hall–Kier alpha value is -3.62. The standard InChI is InChI=1S/C29H27ClN4O3S/c1-17-4-11-22(14-18(17)2)31-27(35)16-26-28(36)32-29(38-26)34-25(20-5-9-21(30)10-6-20)15-24(33-34)19-7-12-23(37-3)13-8-19/h4-14,25-26H,15-16H2,1-3H3,(H,31,35)/t25-,26+/m1/s1. The summed E-state index contributed by atoms with van der Waals surface area (Å²) in [5.41, 5.74) is 5.80. The van der Waals surface area contributed by atoms with Crippen LogP contribution in [0, 0.1) is 13.8 Å². The number of aliphatic imine (C=N–C) groups is 1. The largest absolute Gasteiger partial charge is 0.497 e. The number of thioether (sulfide) groups is 1. The Balaban J connectivity index is 1.34. The highest BCUT2D eigenvalue weighted by atomic mass is 35.5. The second-order valence-corrected chi connectivity index (χ2v) is 10.9. The first-order valence-electron chi connectivity index (χ1n) is 12.2. The average Bonchev–Trinajstić information content (AvgIpc) is 3.51. The molecule has 0 fully saturated rings. The number of nitrogens with zero attached hydrogens (tertiary/aromatic N) is 3. The van der Waals surface area contributed by atoms with Crippen molar-refractivity contribution in [3.05, 3.63) is 94.0 Å². The molecule has 9 heteroatoms. The van der Waals surface area contributed by atoms with E-state index in [0.29, 0.717) is 22.3 Å². The first-order valence-corrected chi connectivity index (χ1v) is 13.5. The number of aryl methyl sites for hydroxylation is 2. The van der Waals surface area contributed by atoms with Crippen LogP contribution in [0.2, 0.25) is 5.02 Å². The molecule has 38 heavy (non-hydrogen) atoms. The Morgan fingerprint density at radius 1 is 1.08 bits per heavy atom. The minimum atomic E-state index is -0.609. The van der Waals surface area contributed by atoms with E-state index in [0.717, 1.165) is 33.7 Å². The van der Waals surface area contributed by atoms with Crippen LogP contribution in [0.25, 0.3) is 0 Å². The summed E-state index contributed by atoms with van der Waals surface area (Å²) < 4.78 is 5.28. The molecule has 3 aromatic rings. The van der Waals surface area contributed by atoms with Gasteiger partial charge in [0, 0.05) is 23.6 Å². The van der Waals surface area contributed by atoms with Gasteiger partial charge in [-0.15, -0.1) is 0 Å². The number of nitrogens with one attached hydrogen (secondary N) is 1. The van der Waals surface area contributed by atoms with Gasteiger partial charge in [0.05, 0.1) is 18.9 Å². The van der Waals surface area contributed by atoms with Crippen LogP contribution >= 0.6 is 23.4 Å². The molecule has 2 amide bonds.